The van der Waals surface area contributed by atoms with Gasteiger partial charge < -0.3 is 5.11 Å². The first-order valence-corrected chi connectivity index (χ1v) is 4.81. The van der Waals surface area contributed by atoms with Crippen molar-refractivity contribution in [1.29, 1.82) is 0 Å². The van der Waals surface area contributed by atoms with E-state index in [1.54, 1.807) is 12.2 Å². The molecule has 3 heteroatoms. The topological polar surface area (TPSA) is 37.3 Å². The van der Waals surface area contributed by atoms with Crippen molar-refractivity contribution in [2.75, 3.05) is 0 Å². The van der Waals surface area contributed by atoms with E-state index in [1.165, 1.54) is 6.92 Å². The van der Waals surface area contributed by atoms with Crippen LogP contribution in [0.1, 0.15) is 33.1 Å². The molecule has 0 aromatic heterocycles. The van der Waals surface area contributed by atoms with E-state index in [0.717, 1.165) is 6.42 Å². The fraction of sp³-hybridized carbons (Fsp3) is 0.545. The summed E-state index contributed by atoms with van der Waals surface area (Å²) in [6.45, 7) is 3.25. The monoisotopic (exact) mass is 198 g/mol. The van der Waals surface area contributed by atoms with Crippen LogP contribution < -0.4 is 0 Å². The Kier molecular flexibility index (Phi) is 3.09. The molecule has 0 heterocycles. The van der Waals surface area contributed by atoms with E-state index in [-0.39, 0.29) is 5.83 Å². The van der Waals surface area contributed by atoms with Gasteiger partial charge in [0.2, 0.25) is 0 Å². The Morgan fingerprint density at radius 2 is 2.14 bits per heavy atom. The third-order valence-electron chi connectivity index (χ3n) is 2.57. The van der Waals surface area contributed by atoms with Crippen molar-refractivity contribution < 1.29 is 14.3 Å². The summed E-state index contributed by atoms with van der Waals surface area (Å²) in [6.07, 6.45) is 5.28. The largest absolute Gasteiger partial charge is 0.481 e. The molecule has 0 bridgehead atoms. The highest BCUT2D eigenvalue weighted by atomic mass is 19.1. The van der Waals surface area contributed by atoms with Crippen LogP contribution in [0.2, 0.25) is 0 Å². The van der Waals surface area contributed by atoms with Gasteiger partial charge in [0, 0.05) is 5.57 Å². The molecular formula is C11H15FO2. The molecule has 1 aliphatic carbocycles. The number of hydrogen-bond donors (Lipinski definition) is 1. The Bertz CT molecular complexity index is 294. The molecule has 0 aromatic carbocycles. The molecular weight excluding hydrogens is 183 g/mol. The molecule has 1 saturated carbocycles. The summed E-state index contributed by atoms with van der Waals surface area (Å²) in [5, 5.41) is 8.99. The molecule has 0 radical (unpaired) electrons. The highest BCUT2D eigenvalue weighted by molar-refractivity contribution is 5.83. The number of carboxylic acid groups (broad SMARTS) is 1. The highest BCUT2D eigenvalue weighted by Crippen LogP contribution is 2.53. The van der Waals surface area contributed by atoms with Crippen LogP contribution in [0.15, 0.2) is 23.6 Å². The van der Waals surface area contributed by atoms with E-state index in [4.69, 9.17) is 5.11 Å². The van der Waals surface area contributed by atoms with Crippen molar-refractivity contribution in [3.8, 4) is 0 Å². The van der Waals surface area contributed by atoms with Crippen LogP contribution in [-0.4, -0.2) is 11.1 Å². The number of allylic oxidation sites excluding steroid dienone is 3. The molecule has 78 valence electrons. The van der Waals surface area contributed by atoms with Gasteiger partial charge in [0.1, 0.15) is 5.83 Å². The van der Waals surface area contributed by atoms with Crippen LogP contribution in [0.5, 0.6) is 0 Å². The van der Waals surface area contributed by atoms with Gasteiger partial charge in [0.05, 0.1) is 5.41 Å². The first kappa shape index (κ1) is 11.0. The molecule has 0 unspecified atom stereocenters. The first-order valence-electron chi connectivity index (χ1n) is 4.81. The fourth-order valence-corrected chi connectivity index (χ4v) is 1.56. The predicted octanol–water partition coefficient (Wildman–Crippen LogP) is 3.06. The number of carboxylic acids is 1. The summed E-state index contributed by atoms with van der Waals surface area (Å²) in [6, 6.07) is 0. The molecule has 1 N–H and O–H groups in total. The average Bonchev–Trinajstić information content (AvgIpc) is 2.85. The van der Waals surface area contributed by atoms with Gasteiger partial charge in [-0.3, -0.25) is 4.79 Å². The van der Waals surface area contributed by atoms with Crippen LogP contribution in [0.4, 0.5) is 4.39 Å². The maximum Gasteiger partial charge on any atom is 0.314 e. The average molecular weight is 198 g/mol. The summed E-state index contributed by atoms with van der Waals surface area (Å²) in [4.78, 5) is 11.0. The van der Waals surface area contributed by atoms with Crippen LogP contribution in [0.3, 0.4) is 0 Å². The summed E-state index contributed by atoms with van der Waals surface area (Å²) in [7, 11) is 0. The van der Waals surface area contributed by atoms with Gasteiger partial charge in [-0.25, -0.2) is 4.39 Å². The quantitative estimate of drug-likeness (QED) is 0.705. The minimum Gasteiger partial charge on any atom is -0.481 e. The van der Waals surface area contributed by atoms with E-state index in [1.807, 2.05) is 6.92 Å². The number of carbonyl (C=O) groups is 1. The van der Waals surface area contributed by atoms with Gasteiger partial charge in [0.15, 0.2) is 0 Å². The van der Waals surface area contributed by atoms with E-state index >= 15 is 0 Å². The van der Waals surface area contributed by atoms with Crippen molar-refractivity contribution in [2.45, 2.75) is 33.1 Å². The minimum absolute atomic E-state index is 0.340. The van der Waals surface area contributed by atoms with E-state index in [0.29, 0.717) is 18.4 Å². The van der Waals surface area contributed by atoms with E-state index < -0.39 is 11.4 Å². The van der Waals surface area contributed by atoms with Gasteiger partial charge in [-0.15, -0.1) is 0 Å². The zero-order valence-electron chi connectivity index (χ0n) is 8.51. The van der Waals surface area contributed by atoms with Crippen LogP contribution >= 0.6 is 0 Å². The Hall–Kier alpha value is -1.12. The van der Waals surface area contributed by atoms with Crippen molar-refractivity contribution in [3.63, 3.8) is 0 Å². The summed E-state index contributed by atoms with van der Waals surface area (Å²) >= 11 is 0. The summed E-state index contributed by atoms with van der Waals surface area (Å²) in [5.74, 6) is -1.29. The lowest BCUT2D eigenvalue weighted by Gasteiger charge is -2.11. The van der Waals surface area contributed by atoms with Gasteiger partial charge in [-0.2, -0.15) is 0 Å². The molecule has 0 atom stereocenters. The first-order chi connectivity index (χ1) is 6.54. The van der Waals surface area contributed by atoms with Crippen LogP contribution in [0, 0.1) is 5.41 Å². The molecule has 1 aliphatic rings. The molecule has 14 heavy (non-hydrogen) atoms. The number of hydrogen-bond acceptors (Lipinski definition) is 1. The number of halogens is 1. The molecule has 1 fully saturated rings. The van der Waals surface area contributed by atoms with Crippen molar-refractivity contribution in [1.82, 2.24) is 0 Å². The second-order valence-corrected chi connectivity index (χ2v) is 3.65. The zero-order chi connectivity index (χ0) is 10.8. The van der Waals surface area contributed by atoms with Gasteiger partial charge in [0.25, 0.3) is 0 Å². The Balaban J connectivity index is 2.97. The lowest BCUT2D eigenvalue weighted by molar-refractivity contribution is -0.141. The SMILES string of the molecule is CC/C=C\C(=C(/C)F)C1(C(=O)O)CC1. The molecule has 0 aliphatic heterocycles. The summed E-state index contributed by atoms with van der Waals surface area (Å²) in [5.41, 5.74) is -0.586. The second kappa shape index (κ2) is 3.95. The van der Waals surface area contributed by atoms with Crippen molar-refractivity contribution in [3.05, 3.63) is 23.6 Å². The number of aliphatic carboxylic acids is 1. The molecule has 1 rings (SSSR count). The Labute approximate surface area is 83.1 Å². The van der Waals surface area contributed by atoms with Crippen LogP contribution in [0.25, 0.3) is 0 Å². The lowest BCUT2D eigenvalue weighted by atomic mass is 9.94. The third-order valence-corrected chi connectivity index (χ3v) is 2.57. The Morgan fingerprint density at radius 3 is 2.43 bits per heavy atom. The van der Waals surface area contributed by atoms with Crippen molar-refractivity contribution >= 4 is 5.97 Å². The predicted molar refractivity (Wildman–Crippen MR) is 52.5 cm³/mol. The fourth-order valence-electron chi connectivity index (χ4n) is 1.56. The Morgan fingerprint density at radius 1 is 1.57 bits per heavy atom. The molecule has 0 saturated heterocycles. The zero-order valence-corrected chi connectivity index (χ0v) is 8.51. The highest BCUT2D eigenvalue weighted by Gasteiger charge is 2.53. The lowest BCUT2D eigenvalue weighted by Crippen LogP contribution is -2.17. The van der Waals surface area contributed by atoms with Crippen LogP contribution in [-0.2, 0) is 4.79 Å². The van der Waals surface area contributed by atoms with Crippen molar-refractivity contribution in [2.24, 2.45) is 5.41 Å². The molecule has 0 spiro atoms. The minimum atomic E-state index is -0.926. The van der Waals surface area contributed by atoms with E-state index in [2.05, 4.69) is 0 Å². The smallest absolute Gasteiger partial charge is 0.314 e. The molecule has 0 amide bonds. The standard InChI is InChI=1S/C11H15FO2/c1-3-4-5-9(8(2)12)11(6-7-11)10(13)14/h4-5H,3,6-7H2,1-2H3,(H,13,14)/b5-4-,9-8-. The molecule has 2 nitrogen and oxygen atoms in total. The van der Waals surface area contributed by atoms with Gasteiger partial charge in [-0.1, -0.05) is 19.1 Å². The van der Waals surface area contributed by atoms with E-state index in [9.17, 15) is 9.18 Å². The maximum absolute atomic E-state index is 13.2. The normalized spacial score (nSPS) is 20.8. The number of rotatable bonds is 4. The second-order valence-electron chi connectivity index (χ2n) is 3.65. The maximum atomic E-state index is 13.2. The van der Waals surface area contributed by atoms with Gasteiger partial charge >= 0.3 is 5.97 Å². The molecule has 0 aromatic rings. The summed E-state index contributed by atoms with van der Waals surface area (Å²) < 4.78 is 13.2. The third kappa shape index (κ3) is 1.86. The van der Waals surface area contributed by atoms with Gasteiger partial charge in [-0.05, 0) is 26.2 Å².